The van der Waals surface area contributed by atoms with E-state index >= 15 is 0 Å². The normalized spacial score (nSPS) is 11.8. The van der Waals surface area contributed by atoms with Gasteiger partial charge in [-0.3, -0.25) is 0 Å². The Hall–Kier alpha value is -1.85. The van der Waals surface area contributed by atoms with E-state index < -0.39 is 0 Å². The number of thiophene rings is 1. The lowest BCUT2D eigenvalue weighted by Crippen LogP contribution is -2.38. The van der Waals surface area contributed by atoms with Crippen molar-refractivity contribution in [3.63, 3.8) is 0 Å². The number of rotatable bonds is 8. The Morgan fingerprint density at radius 3 is 2.54 bits per heavy atom. The van der Waals surface area contributed by atoms with Crippen LogP contribution in [0, 0.1) is 0 Å². The minimum atomic E-state index is 0.693. The van der Waals surface area contributed by atoms with E-state index in [1.54, 1.807) is 11.3 Å². The second-order valence-electron chi connectivity index (χ2n) is 5.96. The molecule has 2 aromatic rings. The highest BCUT2D eigenvalue weighted by atomic mass is 32.1. The van der Waals surface area contributed by atoms with Gasteiger partial charge in [0.05, 0.1) is 6.54 Å². The van der Waals surface area contributed by atoms with Crippen molar-refractivity contribution in [3.05, 3.63) is 57.8 Å². The van der Waals surface area contributed by atoms with E-state index in [-0.39, 0.29) is 0 Å². The zero-order valence-electron chi connectivity index (χ0n) is 14.9. The van der Waals surface area contributed by atoms with Gasteiger partial charge in [-0.15, -0.1) is 11.3 Å². The van der Waals surface area contributed by atoms with E-state index in [2.05, 4.69) is 78.3 Å². The van der Waals surface area contributed by atoms with Crippen molar-refractivity contribution in [1.29, 1.82) is 0 Å². The number of nitrogens with zero attached hydrogens (tertiary/aromatic N) is 2. The van der Waals surface area contributed by atoms with Crippen LogP contribution in [0.1, 0.15) is 22.9 Å². The van der Waals surface area contributed by atoms with Crippen LogP contribution < -0.4 is 10.6 Å². The molecule has 0 saturated heterocycles. The molecule has 0 amide bonds. The number of hydrogen-bond acceptors (Lipinski definition) is 3. The molecule has 0 spiro atoms. The Balaban J connectivity index is 1.94. The topological polar surface area (TPSA) is 39.7 Å². The van der Waals surface area contributed by atoms with Crippen molar-refractivity contribution in [3.8, 4) is 0 Å². The molecule has 2 rings (SSSR count). The highest BCUT2D eigenvalue weighted by Crippen LogP contribution is 2.12. The van der Waals surface area contributed by atoms with E-state index in [1.165, 1.54) is 16.0 Å². The van der Waals surface area contributed by atoms with E-state index in [0.29, 0.717) is 6.54 Å². The molecule has 0 atom stereocenters. The molecule has 130 valence electrons. The molecule has 1 heterocycles. The number of nitrogens with one attached hydrogen (secondary N) is 2. The summed E-state index contributed by atoms with van der Waals surface area (Å²) in [6.45, 7) is 5.48. The highest BCUT2D eigenvalue weighted by Gasteiger charge is 2.04. The Labute approximate surface area is 149 Å². The van der Waals surface area contributed by atoms with Crippen LogP contribution >= 0.6 is 11.3 Å². The molecule has 0 aliphatic carbocycles. The monoisotopic (exact) mass is 344 g/mol. The summed E-state index contributed by atoms with van der Waals surface area (Å²) in [7, 11) is 4.19. The molecule has 0 saturated carbocycles. The van der Waals surface area contributed by atoms with Crippen molar-refractivity contribution in [2.24, 2.45) is 4.99 Å². The molecule has 0 radical (unpaired) electrons. The third kappa shape index (κ3) is 6.34. The molecule has 1 aromatic heterocycles. The van der Waals surface area contributed by atoms with Crippen molar-refractivity contribution < 1.29 is 0 Å². The zero-order valence-corrected chi connectivity index (χ0v) is 15.7. The lowest BCUT2D eigenvalue weighted by molar-refractivity contribution is 0.401. The molecule has 4 nitrogen and oxygen atoms in total. The van der Waals surface area contributed by atoms with Gasteiger partial charge in [-0.1, -0.05) is 30.3 Å². The van der Waals surface area contributed by atoms with E-state index in [4.69, 9.17) is 4.99 Å². The van der Waals surface area contributed by atoms with Gasteiger partial charge >= 0.3 is 0 Å². The van der Waals surface area contributed by atoms with Crippen LogP contribution in [0.25, 0.3) is 0 Å². The van der Waals surface area contributed by atoms with Gasteiger partial charge in [-0.25, -0.2) is 4.99 Å². The van der Waals surface area contributed by atoms with Crippen LogP contribution in [0.4, 0.5) is 0 Å². The van der Waals surface area contributed by atoms with Gasteiger partial charge in [0, 0.05) is 24.5 Å². The van der Waals surface area contributed by atoms with E-state index in [9.17, 15) is 0 Å². The van der Waals surface area contributed by atoms with Crippen LogP contribution in [0.15, 0.2) is 46.8 Å². The number of hydrogen-bond donors (Lipinski definition) is 2. The smallest absolute Gasteiger partial charge is 0.191 e. The summed E-state index contributed by atoms with van der Waals surface area (Å²) in [4.78, 5) is 8.34. The molecule has 0 bridgehead atoms. The first-order valence-electron chi connectivity index (χ1n) is 8.45. The summed E-state index contributed by atoms with van der Waals surface area (Å²) in [5.41, 5.74) is 2.61. The summed E-state index contributed by atoms with van der Waals surface area (Å²) >= 11 is 1.80. The van der Waals surface area contributed by atoms with Gasteiger partial charge in [0.2, 0.25) is 0 Å². The Morgan fingerprint density at radius 2 is 1.88 bits per heavy atom. The minimum absolute atomic E-state index is 0.693. The molecule has 0 aliphatic rings. The Kier molecular flexibility index (Phi) is 7.79. The first kappa shape index (κ1) is 18.5. The van der Waals surface area contributed by atoms with Crippen LogP contribution in [0.5, 0.6) is 0 Å². The molecule has 0 fully saturated rings. The summed E-state index contributed by atoms with van der Waals surface area (Å²) < 4.78 is 0. The molecule has 0 unspecified atom stereocenters. The third-order valence-electron chi connectivity index (χ3n) is 3.60. The summed E-state index contributed by atoms with van der Waals surface area (Å²) in [5, 5.41) is 8.87. The van der Waals surface area contributed by atoms with Gasteiger partial charge < -0.3 is 15.5 Å². The fraction of sp³-hybridized carbons (Fsp3) is 0.421. The second kappa shape index (κ2) is 10.1. The lowest BCUT2D eigenvalue weighted by Gasteiger charge is -2.14. The van der Waals surface area contributed by atoms with Crippen LogP contribution in [0.2, 0.25) is 0 Å². The SMILES string of the molecule is CCNC(=NCc1ccccc1CN(C)C)NCCc1cccs1. The average molecular weight is 345 g/mol. The van der Waals surface area contributed by atoms with Gasteiger partial charge in [0.1, 0.15) is 0 Å². The summed E-state index contributed by atoms with van der Waals surface area (Å²) in [6, 6.07) is 12.8. The molecule has 2 N–H and O–H groups in total. The summed E-state index contributed by atoms with van der Waals surface area (Å²) in [6.07, 6.45) is 1.03. The van der Waals surface area contributed by atoms with Crippen molar-refractivity contribution >= 4 is 17.3 Å². The van der Waals surface area contributed by atoms with Gasteiger partial charge in [-0.2, -0.15) is 0 Å². The van der Waals surface area contributed by atoms with Crippen LogP contribution in [-0.2, 0) is 19.5 Å². The van der Waals surface area contributed by atoms with Crippen molar-refractivity contribution in [1.82, 2.24) is 15.5 Å². The number of aliphatic imine (C=N–C) groups is 1. The first-order valence-corrected chi connectivity index (χ1v) is 9.33. The predicted octanol–water partition coefficient (Wildman–Crippen LogP) is 3.11. The molecule has 0 aliphatic heterocycles. The first-order chi connectivity index (χ1) is 11.7. The van der Waals surface area contributed by atoms with Crippen molar-refractivity contribution in [2.75, 3.05) is 27.2 Å². The van der Waals surface area contributed by atoms with Gasteiger partial charge in [0.15, 0.2) is 5.96 Å². The Bertz CT molecular complexity index is 620. The molecule has 1 aromatic carbocycles. The minimum Gasteiger partial charge on any atom is -0.357 e. The maximum atomic E-state index is 4.75. The molecular weight excluding hydrogens is 316 g/mol. The Morgan fingerprint density at radius 1 is 1.08 bits per heavy atom. The fourth-order valence-corrected chi connectivity index (χ4v) is 3.18. The fourth-order valence-electron chi connectivity index (χ4n) is 2.47. The van der Waals surface area contributed by atoms with Crippen molar-refractivity contribution in [2.45, 2.75) is 26.4 Å². The van der Waals surface area contributed by atoms with E-state index in [0.717, 1.165) is 32.0 Å². The van der Waals surface area contributed by atoms with E-state index in [1.807, 2.05) is 0 Å². The van der Waals surface area contributed by atoms with Gasteiger partial charge in [-0.05, 0) is 50.0 Å². The van der Waals surface area contributed by atoms with Gasteiger partial charge in [0.25, 0.3) is 0 Å². The quantitative estimate of drug-likeness (QED) is 0.571. The van der Waals surface area contributed by atoms with Crippen LogP contribution in [-0.4, -0.2) is 38.0 Å². The zero-order chi connectivity index (χ0) is 17.2. The maximum absolute atomic E-state index is 4.75. The lowest BCUT2D eigenvalue weighted by atomic mass is 10.1. The predicted molar refractivity (Wildman–Crippen MR) is 105 cm³/mol. The molecule has 5 heteroatoms. The highest BCUT2D eigenvalue weighted by molar-refractivity contribution is 7.09. The average Bonchev–Trinajstić information content (AvgIpc) is 3.06. The molecule has 24 heavy (non-hydrogen) atoms. The summed E-state index contributed by atoms with van der Waals surface area (Å²) in [5.74, 6) is 0.883. The standard InChI is InChI=1S/C19H28N4S/c1-4-20-19(21-12-11-18-10-7-13-24-18)22-14-16-8-5-6-9-17(16)15-23(2)3/h5-10,13H,4,11-12,14-15H2,1-3H3,(H2,20,21,22). The largest absolute Gasteiger partial charge is 0.357 e. The number of benzene rings is 1. The molecular formula is C19H28N4S. The second-order valence-corrected chi connectivity index (χ2v) is 6.99. The maximum Gasteiger partial charge on any atom is 0.191 e. The third-order valence-corrected chi connectivity index (χ3v) is 4.54. The number of guanidine groups is 1. The van der Waals surface area contributed by atoms with Crippen LogP contribution in [0.3, 0.4) is 0 Å².